The quantitative estimate of drug-likeness (QED) is 0.720. The number of alkyl halides is 1. The Balaban J connectivity index is 2.34. The monoisotopic (exact) mass is 283 g/mol. The molecule has 1 unspecified atom stereocenters. The smallest absolute Gasteiger partial charge is 0.240 e. The summed E-state index contributed by atoms with van der Waals surface area (Å²) in [6.45, 7) is 4.84. The first-order chi connectivity index (χ1) is 9.04. The molecule has 0 saturated heterocycles. The van der Waals surface area contributed by atoms with Crippen molar-refractivity contribution in [1.82, 2.24) is 4.90 Å². The minimum Gasteiger partial charge on any atom is -0.492 e. The van der Waals surface area contributed by atoms with Crippen LogP contribution in [-0.2, 0) is 11.2 Å². The van der Waals surface area contributed by atoms with Gasteiger partial charge in [0, 0.05) is 7.05 Å². The Bertz CT molecular complexity index is 390. The van der Waals surface area contributed by atoms with E-state index in [1.165, 1.54) is 5.56 Å². The fraction of sp³-hybridized carbons (Fsp3) is 0.533. The van der Waals surface area contributed by atoms with Crippen molar-refractivity contribution in [1.29, 1.82) is 0 Å². The first kappa shape index (κ1) is 15.8. The molecule has 1 aromatic carbocycles. The Morgan fingerprint density at radius 1 is 1.37 bits per heavy atom. The lowest BCUT2D eigenvalue weighted by atomic mass is 10.1. The minimum atomic E-state index is -0.488. The van der Waals surface area contributed by atoms with Crippen LogP contribution in [0.25, 0.3) is 0 Å². The van der Waals surface area contributed by atoms with Crippen LogP contribution in [-0.4, -0.2) is 36.4 Å². The number of nitrogens with zero attached hydrogens (tertiary/aromatic N) is 1. The van der Waals surface area contributed by atoms with E-state index in [2.05, 4.69) is 19.1 Å². The second kappa shape index (κ2) is 8.05. The number of ether oxygens (including phenoxy) is 1. The molecule has 1 rings (SSSR count). The first-order valence-electron chi connectivity index (χ1n) is 6.65. The average Bonchev–Trinajstić information content (AvgIpc) is 2.40. The number of amides is 1. The Morgan fingerprint density at radius 2 is 2.00 bits per heavy atom. The Hall–Kier alpha value is -1.22. The van der Waals surface area contributed by atoms with Crippen LogP contribution < -0.4 is 4.74 Å². The molecular weight excluding hydrogens is 262 g/mol. The van der Waals surface area contributed by atoms with Crippen molar-refractivity contribution in [3.63, 3.8) is 0 Å². The maximum atomic E-state index is 11.5. The lowest BCUT2D eigenvalue weighted by molar-refractivity contribution is -0.129. The standard InChI is InChI=1S/C15H22ClNO2/c1-4-5-13-6-8-14(9-7-13)19-11-10-17(3)15(18)12(2)16/h6-9,12H,4-5,10-11H2,1-3H3. The summed E-state index contributed by atoms with van der Waals surface area (Å²) >= 11 is 5.73. The van der Waals surface area contributed by atoms with Gasteiger partial charge in [0.2, 0.25) is 5.91 Å². The zero-order valence-corrected chi connectivity index (χ0v) is 12.6. The summed E-state index contributed by atoms with van der Waals surface area (Å²) in [6.07, 6.45) is 2.23. The van der Waals surface area contributed by atoms with E-state index in [0.29, 0.717) is 13.2 Å². The molecule has 0 bridgehead atoms. The molecule has 0 aromatic heterocycles. The summed E-state index contributed by atoms with van der Waals surface area (Å²) in [7, 11) is 1.73. The van der Waals surface area contributed by atoms with Crippen LogP contribution >= 0.6 is 11.6 Å². The molecule has 106 valence electrons. The summed E-state index contributed by atoms with van der Waals surface area (Å²) in [6, 6.07) is 8.09. The van der Waals surface area contributed by atoms with Gasteiger partial charge in [0.25, 0.3) is 0 Å². The Kier molecular flexibility index (Phi) is 6.71. The van der Waals surface area contributed by atoms with Gasteiger partial charge in [0.1, 0.15) is 17.7 Å². The normalized spacial score (nSPS) is 12.0. The molecule has 0 aliphatic heterocycles. The third-order valence-electron chi connectivity index (χ3n) is 2.87. The van der Waals surface area contributed by atoms with E-state index in [4.69, 9.17) is 16.3 Å². The highest BCUT2D eigenvalue weighted by molar-refractivity contribution is 6.30. The molecule has 0 N–H and O–H groups in total. The number of carbonyl (C=O) groups is 1. The van der Waals surface area contributed by atoms with Crippen molar-refractivity contribution < 1.29 is 9.53 Å². The summed E-state index contributed by atoms with van der Waals surface area (Å²) in [5.41, 5.74) is 1.32. The van der Waals surface area contributed by atoms with Gasteiger partial charge in [-0.15, -0.1) is 11.6 Å². The summed E-state index contributed by atoms with van der Waals surface area (Å²) in [5.74, 6) is 0.753. The molecule has 1 amide bonds. The van der Waals surface area contributed by atoms with Gasteiger partial charge in [0.05, 0.1) is 6.54 Å². The topological polar surface area (TPSA) is 29.5 Å². The predicted octanol–water partition coefficient (Wildman–Crippen LogP) is 3.10. The van der Waals surface area contributed by atoms with Crippen molar-refractivity contribution in [3.05, 3.63) is 29.8 Å². The number of rotatable bonds is 7. The lowest BCUT2D eigenvalue weighted by Gasteiger charge is -2.18. The second-order valence-corrected chi connectivity index (χ2v) is 5.27. The fourth-order valence-corrected chi connectivity index (χ4v) is 1.92. The van der Waals surface area contributed by atoms with E-state index in [9.17, 15) is 4.79 Å². The molecule has 19 heavy (non-hydrogen) atoms. The number of hydrogen-bond acceptors (Lipinski definition) is 2. The van der Waals surface area contributed by atoms with Crippen LogP contribution in [0.4, 0.5) is 0 Å². The zero-order valence-electron chi connectivity index (χ0n) is 11.9. The number of carbonyl (C=O) groups excluding carboxylic acids is 1. The largest absolute Gasteiger partial charge is 0.492 e. The van der Waals surface area contributed by atoms with Crippen molar-refractivity contribution >= 4 is 17.5 Å². The van der Waals surface area contributed by atoms with Crippen molar-refractivity contribution in [2.24, 2.45) is 0 Å². The third-order valence-corrected chi connectivity index (χ3v) is 3.06. The number of benzene rings is 1. The van der Waals surface area contributed by atoms with Gasteiger partial charge in [0.15, 0.2) is 0 Å². The Morgan fingerprint density at radius 3 is 2.53 bits per heavy atom. The average molecular weight is 284 g/mol. The van der Waals surface area contributed by atoms with Crippen molar-refractivity contribution in [2.75, 3.05) is 20.2 Å². The molecule has 0 aliphatic carbocycles. The summed E-state index contributed by atoms with van der Waals surface area (Å²) < 4.78 is 5.60. The number of halogens is 1. The summed E-state index contributed by atoms with van der Waals surface area (Å²) in [4.78, 5) is 13.1. The highest BCUT2D eigenvalue weighted by atomic mass is 35.5. The van der Waals surface area contributed by atoms with E-state index in [1.807, 2.05) is 12.1 Å². The van der Waals surface area contributed by atoms with E-state index >= 15 is 0 Å². The third kappa shape index (κ3) is 5.52. The van der Waals surface area contributed by atoms with Crippen LogP contribution in [0.1, 0.15) is 25.8 Å². The molecule has 0 aliphatic rings. The lowest BCUT2D eigenvalue weighted by Crippen LogP contribution is -2.35. The molecular formula is C15H22ClNO2. The van der Waals surface area contributed by atoms with Gasteiger partial charge in [-0.2, -0.15) is 0 Å². The zero-order chi connectivity index (χ0) is 14.3. The highest BCUT2D eigenvalue weighted by Gasteiger charge is 2.14. The number of hydrogen-bond donors (Lipinski definition) is 0. The first-order valence-corrected chi connectivity index (χ1v) is 7.09. The van der Waals surface area contributed by atoms with E-state index in [1.54, 1.807) is 18.9 Å². The molecule has 0 saturated carbocycles. The van der Waals surface area contributed by atoms with Gasteiger partial charge in [-0.25, -0.2) is 0 Å². The van der Waals surface area contributed by atoms with Gasteiger partial charge in [-0.1, -0.05) is 25.5 Å². The van der Waals surface area contributed by atoms with Crippen LogP contribution in [0, 0.1) is 0 Å². The van der Waals surface area contributed by atoms with Crippen molar-refractivity contribution in [2.45, 2.75) is 32.1 Å². The minimum absolute atomic E-state index is 0.0800. The highest BCUT2D eigenvalue weighted by Crippen LogP contribution is 2.13. The van der Waals surface area contributed by atoms with Crippen LogP contribution in [0.3, 0.4) is 0 Å². The van der Waals surface area contributed by atoms with Crippen molar-refractivity contribution in [3.8, 4) is 5.75 Å². The second-order valence-electron chi connectivity index (χ2n) is 4.62. The van der Waals surface area contributed by atoms with Crippen LogP contribution in [0.2, 0.25) is 0 Å². The van der Waals surface area contributed by atoms with Gasteiger partial charge < -0.3 is 9.64 Å². The molecule has 1 atom stereocenters. The molecule has 4 heteroatoms. The van der Waals surface area contributed by atoms with E-state index in [0.717, 1.165) is 18.6 Å². The molecule has 3 nitrogen and oxygen atoms in total. The van der Waals surface area contributed by atoms with Crippen LogP contribution in [0.15, 0.2) is 24.3 Å². The van der Waals surface area contributed by atoms with Crippen LogP contribution in [0.5, 0.6) is 5.75 Å². The fourth-order valence-electron chi connectivity index (χ4n) is 1.76. The maximum Gasteiger partial charge on any atom is 0.240 e. The molecule has 0 heterocycles. The molecule has 1 aromatic rings. The van der Waals surface area contributed by atoms with E-state index in [-0.39, 0.29) is 5.91 Å². The maximum absolute atomic E-state index is 11.5. The van der Waals surface area contributed by atoms with Gasteiger partial charge in [-0.3, -0.25) is 4.79 Å². The van der Waals surface area contributed by atoms with Gasteiger partial charge >= 0.3 is 0 Å². The molecule has 0 fully saturated rings. The summed E-state index contributed by atoms with van der Waals surface area (Å²) in [5, 5.41) is -0.488. The molecule has 0 spiro atoms. The number of likely N-dealkylation sites (N-methyl/N-ethyl adjacent to an activating group) is 1. The molecule has 0 radical (unpaired) electrons. The predicted molar refractivity (Wildman–Crippen MR) is 78.9 cm³/mol. The SMILES string of the molecule is CCCc1ccc(OCCN(C)C(=O)C(C)Cl)cc1. The van der Waals surface area contributed by atoms with E-state index < -0.39 is 5.38 Å². The van der Waals surface area contributed by atoms with Gasteiger partial charge in [-0.05, 0) is 31.0 Å². The number of aryl methyl sites for hydroxylation is 1. The Labute approximate surface area is 120 Å².